The number of carbonyl (C=O) groups is 1. The molecular weight excluding hydrogens is 229 g/mol. The average Bonchev–Trinajstić information content (AvgIpc) is 2.38. The molecule has 0 aliphatic rings. The van der Waals surface area contributed by atoms with Crippen molar-refractivity contribution >= 4 is 5.91 Å². The molecule has 1 aromatic rings. The van der Waals surface area contributed by atoms with Crippen LogP contribution in [0.1, 0.15) is 25.5 Å². The number of likely N-dealkylation sites (N-methyl/N-ethyl adjacent to an activating group) is 1. The Morgan fingerprint density at radius 1 is 1.28 bits per heavy atom. The van der Waals surface area contributed by atoms with E-state index in [0.29, 0.717) is 0 Å². The first-order valence-corrected chi connectivity index (χ1v) is 5.88. The molecule has 0 heterocycles. The molecule has 0 aliphatic heterocycles. The fourth-order valence-electron chi connectivity index (χ4n) is 1.52. The van der Waals surface area contributed by atoms with Gasteiger partial charge in [-0.25, -0.2) is 4.39 Å². The number of halogens is 1. The summed E-state index contributed by atoms with van der Waals surface area (Å²) in [5.74, 6) is -0.349. The number of hydrogen-bond acceptors (Lipinski definition) is 1. The van der Waals surface area contributed by atoms with Crippen LogP contribution in [0.25, 0.3) is 0 Å². The van der Waals surface area contributed by atoms with Crippen molar-refractivity contribution in [3.63, 3.8) is 0 Å². The zero-order valence-corrected chi connectivity index (χ0v) is 10.9. The summed E-state index contributed by atoms with van der Waals surface area (Å²) in [7, 11) is 1.73. The van der Waals surface area contributed by atoms with E-state index in [1.165, 1.54) is 18.2 Å². The zero-order chi connectivity index (χ0) is 13.5. The number of rotatable bonds is 4. The average molecular weight is 247 g/mol. The van der Waals surface area contributed by atoms with Crippen LogP contribution in [0, 0.1) is 5.82 Å². The predicted octanol–water partition coefficient (Wildman–Crippen LogP) is 3.48. The summed E-state index contributed by atoms with van der Waals surface area (Å²) < 4.78 is 12.8. The van der Waals surface area contributed by atoms with Gasteiger partial charge in [0.15, 0.2) is 0 Å². The molecule has 0 aliphatic carbocycles. The molecule has 96 valence electrons. The molecule has 0 saturated carbocycles. The molecule has 1 amide bonds. The van der Waals surface area contributed by atoms with E-state index >= 15 is 0 Å². The molecule has 3 heteroatoms. The lowest BCUT2D eigenvalue weighted by molar-refractivity contribution is -0.126. The smallest absolute Gasteiger partial charge is 0.246 e. The molecular formula is C15H18FNO. The molecule has 18 heavy (non-hydrogen) atoms. The maximum Gasteiger partial charge on any atom is 0.246 e. The van der Waals surface area contributed by atoms with Crippen molar-refractivity contribution in [2.75, 3.05) is 7.05 Å². The van der Waals surface area contributed by atoms with Crippen molar-refractivity contribution in [1.82, 2.24) is 4.90 Å². The van der Waals surface area contributed by atoms with Crippen molar-refractivity contribution in [3.8, 4) is 0 Å². The summed E-state index contributed by atoms with van der Waals surface area (Å²) in [6.07, 6.45) is 6.87. The Labute approximate surface area is 107 Å². The molecule has 0 saturated heterocycles. The Hall–Kier alpha value is -1.90. The van der Waals surface area contributed by atoms with Crippen LogP contribution in [0.3, 0.4) is 0 Å². The Morgan fingerprint density at radius 2 is 1.89 bits per heavy atom. The number of nitrogens with zero attached hydrogens (tertiary/aromatic N) is 1. The Kier molecular flexibility index (Phi) is 5.31. The van der Waals surface area contributed by atoms with E-state index in [4.69, 9.17) is 0 Å². The van der Waals surface area contributed by atoms with E-state index in [-0.39, 0.29) is 17.8 Å². The second-order valence-corrected chi connectivity index (χ2v) is 4.06. The van der Waals surface area contributed by atoms with Gasteiger partial charge >= 0.3 is 0 Å². The lowest BCUT2D eigenvalue weighted by Gasteiger charge is -2.24. The molecule has 0 aromatic heterocycles. The standard InChI is InChI=1S/C15H18FNO/c1-4-5-6-7-15(18)17(3)12(2)13-8-10-14(16)11-9-13/h4-12H,1-3H3/b5-4+,7-6+. The summed E-state index contributed by atoms with van der Waals surface area (Å²) >= 11 is 0. The third kappa shape index (κ3) is 3.84. The largest absolute Gasteiger partial charge is 0.335 e. The highest BCUT2D eigenvalue weighted by Gasteiger charge is 2.14. The highest BCUT2D eigenvalue weighted by molar-refractivity contribution is 5.87. The van der Waals surface area contributed by atoms with Gasteiger partial charge < -0.3 is 4.90 Å². The highest BCUT2D eigenvalue weighted by Crippen LogP contribution is 2.19. The molecule has 0 N–H and O–H groups in total. The van der Waals surface area contributed by atoms with E-state index in [2.05, 4.69) is 0 Å². The fraction of sp³-hybridized carbons (Fsp3) is 0.267. The quantitative estimate of drug-likeness (QED) is 0.589. The van der Waals surface area contributed by atoms with E-state index in [9.17, 15) is 9.18 Å². The Morgan fingerprint density at radius 3 is 2.44 bits per heavy atom. The minimum Gasteiger partial charge on any atom is -0.335 e. The molecule has 1 rings (SSSR count). The number of benzene rings is 1. The van der Waals surface area contributed by atoms with E-state index in [1.807, 2.05) is 19.9 Å². The molecule has 1 aromatic carbocycles. The van der Waals surface area contributed by atoms with Crippen LogP contribution in [0.5, 0.6) is 0 Å². The summed E-state index contributed by atoms with van der Waals surface area (Å²) in [5, 5.41) is 0. The van der Waals surface area contributed by atoms with Gasteiger partial charge in [0.1, 0.15) is 5.82 Å². The summed E-state index contributed by atoms with van der Waals surface area (Å²) in [6.45, 7) is 3.80. The summed E-state index contributed by atoms with van der Waals surface area (Å²) in [5.41, 5.74) is 0.909. The van der Waals surface area contributed by atoms with Gasteiger partial charge in [0.2, 0.25) is 5.91 Å². The Balaban J connectivity index is 2.74. The van der Waals surface area contributed by atoms with Crippen molar-refractivity contribution in [1.29, 1.82) is 0 Å². The summed E-state index contributed by atoms with van der Waals surface area (Å²) in [6, 6.07) is 6.10. The van der Waals surface area contributed by atoms with Crippen molar-refractivity contribution in [2.24, 2.45) is 0 Å². The third-order valence-corrected chi connectivity index (χ3v) is 2.82. The van der Waals surface area contributed by atoms with E-state index < -0.39 is 0 Å². The van der Waals surface area contributed by atoms with Gasteiger partial charge in [-0.3, -0.25) is 4.79 Å². The van der Waals surface area contributed by atoms with Crippen molar-refractivity contribution in [2.45, 2.75) is 19.9 Å². The lowest BCUT2D eigenvalue weighted by Crippen LogP contribution is -2.27. The van der Waals surface area contributed by atoms with Crippen LogP contribution in [0.4, 0.5) is 4.39 Å². The van der Waals surface area contributed by atoms with Crippen LogP contribution in [0.15, 0.2) is 48.6 Å². The molecule has 0 radical (unpaired) electrons. The zero-order valence-electron chi connectivity index (χ0n) is 10.9. The maximum absolute atomic E-state index is 12.8. The number of carbonyl (C=O) groups excluding carboxylic acids is 1. The number of hydrogen-bond donors (Lipinski definition) is 0. The molecule has 0 bridgehead atoms. The maximum atomic E-state index is 12.8. The van der Waals surface area contributed by atoms with Gasteiger partial charge in [0.25, 0.3) is 0 Å². The summed E-state index contributed by atoms with van der Waals surface area (Å²) in [4.78, 5) is 13.4. The van der Waals surface area contributed by atoms with Crippen LogP contribution in [-0.4, -0.2) is 17.9 Å². The van der Waals surface area contributed by atoms with Gasteiger partial charge in [-0.15, -0.1) is 0 Å². The van der Waals surface area contributed by atoms with Crippen molar-refractivity contribution in [3.05, 3.63) is 60.0 Å². The highest BCUT2D eigenvalue weighted by atomic mass is 19.1. The van der Waals surface area contributed by atoms with E-state index in [1.54, 1.807) is 36.2 Å². The van der Waals surface area contributed by atoms with Crippen LogP contribution in [-0.2, 0) is 4.79 Å². The van der Waals surface area contributed by atoms with Crippen molar-refractivity contribution < 1.29 is 9.18 Å². The predicted molar refractivity (Wildman–Crippen MR) is 71.5 cm³/mol. The SMILES string of the molecule is C/C=C/C=C/C(=O)N(C)C(C)c1ccc(F)cc1. The fourth-order valence-corrected chi connectivity index (χ4v) is 1.52. The second-order valence-electron chi connectivity index (χ2n) is 4.06. The molecule has 1 atom stereocenters. The molecule has 2 nitrogen and oxygen atoms in total. The van der Waals surface area contributed by atoms with Crippen LogP contribution >= 0.6 is 0 Å². The monoisotopic (exact) mass is 247 g/mol. The van der Waals surface area contributed by atoms with Gasteiger partial charge in [-0.2, -0.15) is 0 Å². The third-order valence-electron chi connectivity index (χ3n) is 2.82. The van der Waals surface area contributed by atoms with Gasteiger partial charge in [0.05, 0.1) is 6.04 Å². The number of amides is 1. The Bertz CT molecular complexity index is 448. The van der Waals surface area contributed by atoms with E-state index in [0.717, 1.165) is 5.56 Å². The normalized spacial score (nSPS) is 13.1. The minimum absolute atomic E-state index is 0.0788. The second kappa shape index (κ2) is 6.74. The molecule has 0 spiro atoms. The van der Waals surface area contributed by atoms with Crippen LogP contribution < -0.4 is 0 Å². The molecule has 1 unspecified atom stereocenters. The van der Waals surface area contributed by atoms with Gasteiger partial charge in [-0.05, 0) is 31.5 Å². The first kappa shape index (κ1) is 14.2. The first-order valence-electron chi connectivity index (χ1n) is 5.88. The minimum atomic E-state index is -0.270. The van der Waals surface area contributed by atoms with Gasteiger partial charge in [0, 0.05) is 13.1 Å². The number of allylic oxidation sites excluding steroid dienone is 3. The van der Waals surface area contributed by atoms with Gasteiger partial charge in [-0.1, -0.05) is 30.4 Å². The lowest BCUT2D eigenvalue weighted by atomic mass is 10.1. The molecule has 0 fully saturated rings. The van der Waals surface area contributed by atoms with Crippen LogP contribution in [0.2, 0.25) is 0 Å². The topological polar surface area (TPSA) is 20.3 Å². The first-order chi connectivity index (χ1) is 8.56.